The predicted molar refractivity (Wildman–Crippen MR) is 109 cm³/mol. The van der Waals surface area contributed by atoms with Crippen molar-refractivity contribution in [3.8, 4) is 22.8 Å². The van der Waals surface area contributed by atoms with Crippen LogP contribution in [0.2, 0.25) is 0 Å². The van der Waals surface area contributed by atoms with Crippen molar-refractivity contribution in [3.63, 3.8) is 0 Å². The van der Waals surface area contributed by atoms with Gasteiger partial charge in [0, 0.05) is 16.6 Å². The maximum atomic E-state index is 13.2. The maximum Gasteiger partial charge on any atom is 0.260 e. The summed E-state index contributed by atoms with van der Waals surface area (Å²) in [6.45, 7) is 0. The molecule has 0 saturated carbocycles. The van der Waals surface area contributed by atoms with Gasteiger partial charge in [-0.05, 0) is 42.5 Å². The van der Waals surface area contributed by atoms with Crippen LogP contribution >= 0.6 is 0 Å². The Hall–Kier alpha value is -3.73. The fourth-order valence-corrected chi connectivity index (χ4v) is 3.09. The molecule has 1 heterocycles. The van der Waals surface area contributed by atoms with Crippen LogP contribution in [0.25, 0.3) is 22.3 Å². The Kier molecular flexibility index (Phi) is 4.72. The first-order chi connectivity index (χ1) is 13.7. The highest BCUT2D eigenvalue weighted by atomic mass is 16.5. The first kappa shape index (κ1) is 17.7. The molecule has 28 heavy (non-hydrogen) atoms. The van der Waals surface area contributed by atoms with Gasteiger partial charge in [-0.25, -0.2) is 0 Å². The lowest BCUT2D eigenvalue weighted by Gasteiger charge is -2.07. The number of benzene rings is 3. The number of rotatable bonds is 5. The first-order valence-corrected chi connectivity index (χ1v) is 8.81. The van der Waals surface area contributed by atoms with E-state index in [1.807, 2.05) is 48.5 Å². The van der Waals surface area contributed by atoms with Crippen LogP contribution in [-0.4, -0.2) is 20.1 Å². The Morgan fingerprint density at radius 2 is 1.54 bits per heavy atom. The van der Waals surface area contributed by atoms with E-state index in [1.54, 1.807) is 38.5 Å². The van der Waals surface area contributed by atoms with Crippen LogP contribution in [0.1, 0.15) is 10.4 Å². The van der Waals surface area contributed by atoms with Crippen molar-refractivity contribution in [1.29, 1.82) is 0 Å². The van der Waals surface area contributed by atoms with E-state index in [4.69, 9.17) is 13.9 Å². The summed E-state index contributed by atoms with van der Waals surface area (Å²) >= 11 is 0. The molecule has 0 unspecified atom stereocenters. The summed E-state index contributed by atoms with van der Waals surface area (Å²) in [4.78, 5) is 13.2. The molecule has 0 bridgehead atoms. The standard InChI is InChI=1S/C23H19NO4/c1-26-17-10-8-16(9-11-17)24-23(25)21-19-14-18(27-2)12-13-20(19)28-22(21)15-6-4-3-5-7-15/h3-14H,1-2H3,(H,24,25). The molecule has 4 aromatic rings. The van der Waals surface area contributed by atoms with Crippen molar-refractivity contribution in [2.24, 2.45) is 0 Å². The summed E-state index contributed by atoms with van der Waals surface area (Å²) in [5.74, 6) is 1.65. The molecule has 140 valence electrons. The highest BCUT2D eigenvalue weighted by Crippen LogP contribution is 2.36. The normalized spacial score (nSPS) is 10.6. The number of amides is 1. The van der Waals surface area contributed by atoms with E-state index >= 15 is 0 Å². The highest BCUT2D eigenvalue weighted by Gasteiger charge is 2.22. The third-order valence-corrected chi connectivity index (χ3v) is 4.51. The monoisotopic (exact) mass is 373 g/mol. The first-order valence-electron chi connectivity index (χ1n) is 8.81. The second-order valence-corrected chi connectivity index (χ2v) is 6.22. The van der Waals surface area contributed by atoms with Crippen LogP contribution in [0.3, 0.4) is 0 Å². The van der Waals surface area contributed by atoms with Crippen molar-refractivity contribution < 1.29 is 18.7 Å². The van der Waals surface area contributed by atoms with Crippen LogP contribution in [0.15, 0.2) is 77.2 Å². The zero-order valence-electron chi connectivity index (χ0n) is 15.6. The van der Waals surface area contributed by atoms with E-state index < -0.39 is 0 Å². The number of hydrogen-bond acceptors (Lipinski definition) is 4. The second-order valence-electron chi connectivity index (χ2n) is 6.22. The molecule has 1 amide bonds. The van der Waals surface area contributed by atoms with Gasteiger partial charge in [0.1, 0.15) is 22.8 Å². The van der Waals surface area contributed by atoms with E-state index in [2.05, 4.69) is 5.32 Å². The molecule has 0 aliphatic carbocycles. The number of methoxy groups -OCH3 is 2. The summed E-state index contributed by atoms with van der Waals surface area (Å²) in [6, 6.07) is 22.2. The Balaban J connectivity index is 1.81. The SMILES string of the molecule is COc1ccc(NC(=O)c2c(-c3ccccc3)oc3ccc(OC)cc23)cc1. The van der Waals surface area contributed by atoms with Gasteiger partial charge in [-0.1, -0.05) is 30.3 Å². The summed E-state index contributed by atoms with van der Waals surface area (Å²) in [5.41, 5.74) is 2.59. The van der Waals surface area contributed by atoms with Crippen molar-refractivity contribution >= 4 is 22.6 Å². The largest absolute Gasteiger partial charge is 0.497 e. The number of nitrogens with one attached hydrogen (secondary N) is 1. The molecule has 5 heteroatoms. The lowest BCUT2D eigenvalue weighted by molar-refractivity contribution is 0.102. The molecule has 1 aromatic heterocycles. The number of furan rings is 1. The van der Waals surface area contributed by atoms with Crippen molar-refractivity contribution in [2.45, 2.75) is 0 Å². The second kappa shape index (κ2) is 7.48. The summed E-state index contributed by atoms with van der Waals surface area (Å²) < 4.78 is 16.5. The van der Waals surface area contributed by atoms with Crippen LogP contribution in [0.4, 0.5) is 5.69 Å². The van der Waals surface area contributed by atoms with Gasteiger partial charge in [0.2, 0.25) is 0 Å². The molecule has 1 N–H and O–H groups in total. The molecular formula is C23H19NO4. The molecule has 0 fully saturated rings. The molecule has 0 aliphatic heterocycles. The summed E-state index contributed by atoms with van der Waals surface area (Å²) in [5, 5.41) is 3.64. The highest BCUT2D eigenvalue weighted by molar-refractivity contribution is 6.16. The van der Waals surface area contributed by atoms with Gasteiger partial charge < -0.3 is 19.2 Å². The van der Waals surface area contributed by atoms with Gasteiger partial charge >= 0.3 is 0 Å². The van der Waals surface area contributed by atoms with Gasteiger partial charge in [0.25, 0.3) is 5.91 Å². The Labute approximate surface area is 162 Å². The molecule has 0 aliphatic rings. The average Bonchev–Trinajstić information content (AvgIpc) is 3.13. The zero-order chi connectivity index (χ0) is 19.5. The minimum atomic E-state index is -0.254. The van der Waals surface area contributed by atoms with Gasteiger partial charge in [-0.2, -0.15) is 0 Å². The van der Waals surface area contributed by atoms with Crippen molar-refractivity contribution in [1.82, 2.24) is 0 Å². The lowest BCUT2D eigenvalue weighted by atomic mass is 10.0. The van der Waals surface area contributed by atoms with E-state index in [0.717, 1.165) is 11.3 Å². The van der Waals surface area contributed by atoms with Gasteiger partial charge in [-0.15, -0.1) is 0 Å². The topological polar surface area (TPSA) is 60.7 Å². The van der Waals surface area contributed by atoms with E-state index in [9.17, 15) is 4.79 Å². The average molecular weight is 373 g/mol. The molecule has 0 radical (unpaired) electrons. The fourth-order valence-electron chi connectivity index (χ4n) is 3.09. The quantitative estimate of drug-likeness (QED) is 0.511. The minimum Gasteiger partial charge on any atom is -0.497 e. The molecule has 4 rings (SSSR count). The number of ether oxygens (including phenoxy) is 2. The molecule has 5 nitrogen and oxygen atoms in total. The number of fused-ring (bicyclic) bond motifs is 1. The smallest absolute Gasteiger partial charge is 0.260 e. The molecule has 0 atom stereocenters. The lowest BCUT2D eigenvalue weighted by Crippen LogP contribution is -2.12. The van der Waals surface area contributed by atoms with E-state index in [0.29, 0.717) is 33.7 Å². The summed E-state index contributed by atoms with van der Waals surface area (Å²) in [6.07, 6.45) is 0. The predicted octanol–water partition coefficient (Wildman–Crippen LogP) is 5.37. The minimum absolute atomic E-state index is 0.254. The number of anilines is 1. The Morgan fingerprint density at radius 1 is 0.857 bits per heavy atom. The molecule has 0 saturated heterocycles. The van der Waals surface area contributed by atoms with Crippen LogP contribution in [0, 0.1) is 0 Å². The number of carbonyl (C=O) groups is 1. The van der Waals surface area contributed by atoms with Crippen molar-refractivity contribution in [2.75, 3.05) is 19.5 Å². The van der Waals surface area contributed by atoms with Crippen LogP contribution in [0.5, 0.6) is 11.5 Å². The zero-order valence-corrected chi connectivity index (χ0v) is 15.6. The molecular weight excluding hydrogens is 354 g/mol. The maximum absolute atomic E-state index is 13.2. The van der Waals surface area contributed by atoms with Gasteiger partial charge in [0.05, 0.1) is 19.8 Å². The number of carbonyl (C=O) groups excluding carboxylic acids is 1. The van der Waals surface area contributed by atoms with E-state index in [1.165, 1.54) is 0 Å². The Bertz CT molecular complexity index is 1110. The van der Waals surface area contributed by atoms with Gasteiger partial charge in [-0.3, -0.25) is 4.79 Å². The van der Waals surface area contributed by atoms with Crippen LogP contribution in [-0.2, 0) is 0 Å². The van der Waals surface area contributed by atoms with Gasteiger partial charge in [0.15, 0.2) is 0 Å². The number of hydrogen-bond donors (Lipinski definition) is 1. The van der Waals surface area contributed by atoms with E-state index in [-0.39, 0.29) is 5.91 Å². The summed E-state index contributed by atoms with van der Waals surface area (Å²) in [7, 11) is 3.20. The van der Waals surface area contributed by atoms with Crippen LogP contribution < -0.4 is 14.8 Å². The molecule has 3 aromatic carbocycles. The van der Waals surface area contributed by atoms with Crippen molar-refractivity contribution in [3.05, 3.63) is 78.4 Å². The Morgan fingerprint density at radius 3 is 2.21 bits per heavy atom. The third kappa shape index (κ3) is 3.30. The molecule has 0 spiro atoms. The fraction of sp³-hybridized carbons (Fsp3) is 0.0870. The third-order valence-electron chi connectivity index (χ3n) is 4.51.